The lowest BCUT2D eigenvalue weighted by Gasteiger charge is -2.02. The highest BCUT2D eigenvalue weighted by Gasteiger charge is 2.43. The summed E-state index contributed by atoms with van der Waals surface area (Å²) in [7, 11) is 0. The second kappa shape index (κ2) is 11.4. The first-order valence-electron chi connectivity index (χ1n) is 9.15. The maximum atomic E-state index is 11.9. The standard InChI is InChI=1S/C19H32O4/c1-3-4-5-6-7-8-9-10-11-12-16(20)18-17(23-18)14-13-15(2)19(21)22/h11-12,15,17-18H,3-10,13-14H2,1-2H3,(H,21,22)/b12-11-. The van der Waals surface area contributed by atoms with Gasteiger partial charge in [0.05, 0.1) is 12.0 Å². The number of carboxylic acid groups (broad SMARTS) is 1. The summed E-state index contributed by atoms with van der Waals surface area (Å²) in [6.45, 7) is 3.91. The summed E-state index contributed by atoms with van der Waals surface area (Å²) in [4.78, 5) is 22.6. The monoisotopic (exact) mass is 324 g/mol. The Morgan fingerprint density at radius 2 is 1.78 bits per heavy atom. The first-order valence-corrected chi connectivity index (χ1v) is 9.15. The number of hydrogen-bond donors (Lipinski definition) is 1. The predicted octanol–water partition coefficient (Wildman–Crippen LogP) is 4.52. The maximum Gasteiger partial charge on any atom is 0.306 e. The van der Waals surface area contributed by atoms with Crippen molar-refractivity contribution in [3.05, 3.63) is 12.2 Å². The Balaban J connectivity index is 2.01. The zero-order valence-electron chi connectivity index (χ0n) is 14.6. The normalized spacial score (nSPS) is 21.5. The van der Waals surface area contributed by atoms with Crippen molar-refractivity contribution in [1.82, 2.24) is 0 Å². The molecule has 1 heterocycles. The third-order valence-corrected chi connectivity index (χ3v) is 4.43. The highest BCUT2D eigenvalue weighted by molar-refractivity contribution is 5.95. The molecule has 1 N–H and O–H groups in total. The second-order valence-electron chi connectivity index (χ2n) is 6.63. The van der Waals surface area contributed by atoms with E-state index in [0.29, 0.717) is 12.8 Å². The molecule has 23 heavy (non-hydrogen) atoms. The van der Waals surface area contributed by atoms with Gasteiger partial charge in [-0.3, -0.25) is 9.59 Å². The fourth-order valence-corrected chi connectivity index (χ4v) is 2.66. The predicted molar refractivity (Wildman–Crippen MR) is 91.5 cm³/mol. The van der Waals surface area contributed by atoms with Gasteiger partial charge in [-0.15, -0.1) is 0 Å². The fourth-order valence-electron chi connectivity index (χ4n) is 2.66. The van der Waals surface area contributed by atoms with E-state index in [-0.39, 0.29) is 23.9 Å². The highest BCUT2D eigenvalue weighted by atomic mass is 16.6. The molecule has 4 nitrogen and oxygen atoms in total. The van der Waals surface area contributed by atoms with Gasteiger partial charge in [0.2, 0.25) is 0 Å². The smallest absolute Gasteiger partial charge is 0.306 e. The topological polar surface area (TPSA) is 66.9 Å². The number of ether oxygens (including phenoxy) is 1. The van der Waals surface area contributed by atoms with Crippen LogP contribution < -0.4 is 0 Å². The lowest BCUT2D eigenvalue weighted by Crippen LogP contribution is -2.12. The van der Waals surface area contributed by atoms with Crippen molar-refractivity contribution < 1.29 is 19.4 Å². The van der Waals surface area contributed by atoms with E-state index in [2.05, 4.69) is 6.92 Å². The lowest BCUT2D eigenvalue weighted by molar-refractivity contribution is -0.141. The molecule has 1 saturated heterocycles. The molecular weight excluding hydrogens is 292 g/mol. The van der Waals surface area contributed by atoms with E-state index in [9.17, 15) is 9.59 Å². The summed E-state index contributed by atoms with van der Waals surface area (Å²) in [5.41, 5.74) is 0. The van der Waals surface area contributed by atoms with Crippen LogP contribution in [0.25, 0.3) is 0 Å². The van der Waals surface area contributed by atoms with E-state index in [0.717, 1.165) is 12.8 Å². The number of carbonyl (C=O) groups excluding carboxylic acids is 1. The SMILES string of the molecule is CCCCCCCCC/C=C\C(=O)C1OC1CCC(C)C(=O)O. The Hall–Kier alpha value is -1.16. The van der Waals surface area contributed by atoms with Crippen molar-refractivity contribution in [2.24, 2.45) is 5.92 Å². The summed E-state index contributed by atoms with van der Waals surface area (Å²) in [6, 6.07) is 0. The zero-order chi connectivity index (χ0) is 17.1. The third-order valence-electron chi connectivity index (χ3n) is 4.43. The van der Waals surface area contributed by atoms with Crippen LogP contribution >= 0.6 is 0 Å². The number of carbonyl (C=O) groups is 2. The van der Waals surface area contributed by atoms with Crippen molar-refractivity contribution in [3.63, 3.8) is 0 Å². The summed E-state index contributed by atoms with van der Waals surface area (Å²) in [5, 5.41) is 8.82. The number of allylic oxidation sites excluding steroid dienone is 1. The summed E-state index contributed by atoms with van der Waals surface area (Å²) in [6.07, 6.45) is 14.3. The van der Waals surface area contributed by atoms with Crippen LogP contribution in [0.4, 0.5) is 0 Å². The number of hydrogen-bond acceptors (Lipinski definition) is 3. The molecule has 0 aromatic heterocycles. The molecular formula is C19H32O4. The van der Waals surface area contributed by atoms with Gasteiger partial charge in [0, 0.05) is 0 Å². The molecule has 0 aromatic carbocycles. The average Bonchev–Trinajstić information content (AvgIpc) is 3.30. The molecule has 3 atom stereocenters. The van der Waals surface area contributed by atoms with Crippen molar-refractivity contribution in [1.29, 1.82) is 0 Å². The number of ketones is 1. The van der Waals surface area contributed by atoms with Crippen LogP contribution in [0.3, 0.4) is 0 Å². The Morgan fingerprint density at radius 3 is 2.43 bits per heavy atom. The highest BCUT2D eigenvalue weighted by Crippen LogP contribution is 2.29. The van der Waals surface area contributed by atoms with Gasteiger partial charge >= 0.3 is 5.97 Å². The molecule has 0 radical (unpaired) electrons. The molecule has 0 spiro atoms. The van der Waals surface area contributed by atoms with E-state index >= 15 is 0 Å². The molecule has 1 aliphatic rings. The average molecular weight is 324 g/mol. The molecule has 1 rings (SSSR count). The summed E-state index contributed by atoms with van der Waals surface area (Å²) >= 11 is 0. The number of rotatable bonds is 14. The van der Waals surface area contributed by atoms with Crippen LogP contribution in [0.15, 0.2) is 12.2 Å². The van der Waals surface area contributed by atoms with Crippen molar-refractivity contribution >= 4 is 11.8 Å². The van der Waals surface area contributed by atoms with Gasteiger partial charge in [-0.2, -0.15) is 0 Å². The minimum Gasteiger partial charge on any atom is -0.481 e. The van der Waals surface area contributed by atoms with E-state index in [1.165, 1.54) is 38.5 Å². The van der Waals surface area contributed by atoms with Crippen LogP contribution in [-0.4, -0.2) is 29.1 Å². The lowest BCUT2D eigenvalue weighted by atomic mass is 10.0. The molecule has 4 heteroatoms. The minimum atomic E-state index is -0.789. The van der Waals surface area contributed by atoms with E-state index in [4.69, 9.17) is 9.84 Å². The minimum absolute atomic E-state index is 0.0286. The quantitative estimate of drug-likeness (QED) is 0.290. The van der Waals surface area contributed by atoms with Crippen LogP contribution in [-0.2, 0) is 14.3 Å². The molecule has 132 valence electrons. The fraction of sp³-hybridized carbons (Fsp3) is 0.789. The third kappa shape index (κ3) is 8.89. The molecule has 0 amide bonds. The molecule has 0 aromatic rings. The Morgan fingerprint density at radius 1 is 1.13 bits per heavy atom. The first kappa shape index (κ1) is 19.9. The van der Waals surface area contributed by atoms with Crippen LogP contribution in [0, 0.1) is 5.92 Å². The maximum absolute atomic E-state index is 11.9. The van der Waals surface area contributed by atoms with Crippen LogP contribution in [0.1, 0.15) is 78.1 Å². The first-order chi connectivity index (χ1) is 11.1. The largest absolute Gasteiger partial charge is 0.481 e. The molecule has 0 saturated carbocycles. The number of carboxylic acids is 1. The van der Waals surface area contributed by atoms with E-state index in [1.54, 1.807) is 13.0 Å². The zero-order valence-corrected chi connectivity index (χ0v) is 14.6. The Labute approximate surface area is 140 Å². The van der Waals surface area contributed by atoms with E-state index < -0.39 is 5.97 Å². The van der Waals surface area contributed by atoms with Crippen LogP contribution in [0.2, 0.25) is 0 Å². The Bertz CT molecular complexity index is 389. The summed E-state index contributed by atoms with van der Waals surface area (Å²) in [5.74, 6) is -1.13. The van der Waals surface area contributed by atoms with Gasteiger partial charge in [-0.25, -0.2) is 0 Å². The summed E-state index contributed by atoms with van der Waals surface area (Å²) < 4.78 is 5.35. The van der Waals surface area contributed by atoms with Gasteiger partial charge in [0.25, 0.3) is 0 Å². The van der Waals surface area contributed by atoms with Gasteiger partial charge in [-0.1, -0.05) is 58.4 Å². The van der Waals surface area contributed by atoms with Crippen molar-refractivity contribution in [3.8, 4) is 0 Å². The molecule has 1 fully saturated rings. The number of epoxide rings is 1. The number of aliphatic carboxylic acids is 1. The van der Waals surface area contributed by atoms with Gasteiger partial charge in [-0.05, 0) is 31.8 Å². The van der Waals surface area contributed by atoms with Gasteiger partial charge < -0.3 is 9.84 Å². The molecule has 1 aliphatic heterocycles. The van der Waals surface area contributed by atoms with Crippen molar-refractivity contribution in [2.75, 3.05) is 0 Å². The van der Waals surface area contributed by atoms with Gasteiger partial charge in [0.15, 0.2) is 5.78 Å². The molecule has 0 aliphatic carbocycles. The number of unbranched alkanes of at least 4 members (excludes halogenated alkanes) is 7. The second-order valence-corrected chi connectivity index (χ2v) is 6.63. The molecule has 0 bridgehead atoms. The van der Waals surface area contributed by atoms with Crippen molar-refractivity contribution in [2.45, 2.75) is 90.3 Å². The Kier molecular flexibility index (Phi) is 9.85. The molecule has 3 unspecified atom stereocenters. The van der Waals surface area contributed by atoms with Crippen LogP contribution in [0.5, 0.6) is 0 Å². The van der Waals surface area contributed by atoms with E-state index in [1.807, 2.05) is 6.08 Å². The van der Waals surface area contributed by atoms with Gasteiger partial charge in [0.1, 0.15) is 6.10 Å².